The van der Waals surface area contributed by atoms with Crippen molar-refractivity contribution in [1.29, 1.82) is 0 Å². The van der Waals surface area contributed by atoms with Crippen molar-refractivity contribution >= 4 is 37.1 Å². The minimum atomic E-state index is -0.585. The van der Waals surface area contributed by atoms with Crippen molar-refractivity contribution in [3.63, 3.8) is 0 Å². The van der Waals surface area contributed by atoms with Crippen molar-refractivity contribution in [2.24, 2.45) is 0 Å². The maximum absolute atomic E-state index is 6.61. The van der Waals surface area contributed by atoms with Crippen LogP contribution in [0.15, 0.2) is 140 Å². The molecule has 1 heterocycles. The SMILES string of the molecule is C=C=C.CC1(C)O[C@@H](CP(c2ccccc2)c2ccccc2)[C@H](CP(c2ccccc2)c2ccccc2)O1.[Pt]. The van der Waals surface area contributed by atoms with Gasteiger partial charge in [0.1, 0.15) is 0 Å². The van der Waals surface area contributed by atoms with Crippen molar-refractivity contribution in [3.05, 3.63) is 140 Å². The number of hydrogen-bond acceptors (Lipinski definition) is 2. The predicted octanol–water partition coefficient (Wildman–Crippen LogP) is 6.73. The first-order valence-electron chi connectivity index (χ1n) is 12.9. The summed E-state index contributed by atoms with van der Waals surface area (Å²) in [5.74, 6) is -0.585. The van der Waals surface area contributed by atoms with E-state index in [1.165, 1.54) is 21.2 Å². The van der Waals surface area contributed by atoms with E-state index in [1.807, 2.05) is 0 Å². The van der Waals surface area contributed by atoms with Gasteiger partial charge in [-0.15, -0.1) is 5.73 Å². The fourth-order valence-corrected chi connectivity index (χ4v) is 9.64. The van der Waals surface area contributed by atoms with Gasteiger partial charge in [0.25, 0.3) is 0 Å². The average molecular weight is 734 g/mol. The molecule has 204 valence electrons. The molecule has 2 atom stereocenters. The summed E-state index contributed by atoms with van der Waals surface area (Å²) in [4.78, 5) is 0. The van der Waals surface area contributed by atoms with Gasteiger partial charge in [0.05, 0.1) is 12.2 Å². The van der Waals surface area contributed by atoms with Gasteiger partial charge in [-0.1, -0.05) is 134 Å². The molecule has 5 rings (SSSR count). The molecule has 1 aliphatic heterocycles. The molecule has 2 nitrogen and oxygen atoms in total. The van der Waals surface area contributed by atoms with Crippen molar-refractivity contribution < 1.29 is 30.5 Å². The molecule has 0 bridgehead atoms. The Morgan fingerprint density at radius 3 is 1.03 bits per heavy atom. The van der Waals surface area contributed by atoms with Gasteiger partial charge in [0.2, 0.25) is 0 Å². The fourth-order valence-electron chi connectivity index (χ4n) is 4.73. The Labute approximate surface area is 250 Å². The van der Waals surface area contributed by atoms with Crippen LogP contribution < -0.4 is 21.2 Å². The van der Waals surface area contributed by atoms with E-state index in [2.05, 4.69) is 154 Å². The molecule has 0 saturated carbocycles. The number of ether oxygens (including phenoxy) is 2. The minimum absolute atomic E-state index is 0. The topological polar surface area (TPSA) is 18.5 Å². The third kappa shape index (κ3) is 8.93. The molecule has 39 heavy (non-hydrogen) atoms. The summed E-state index contributed by atoms with van der Waals surface area (Å²) in [5.41, 5.74) is 2.25. The van der Waals surface area contributed by atoms with Gasteiger partial charge in [-0.05, 0) is 50.9 Å². The van der Waals surface area contributed by atoms with Crippen molar-refractivity contribution in [2.45, 2.75) is 31.8 Å². The van der Waals surface area contributed by atoms with Gasteiger partial charge in [-0.25, -0.2) is 0 Å². The van der Waals surface area contributed by atoms with E-state index in [4.69, 9.17) is 9.47 Å². The Hall–Kier alpha value is -2.13. The third-order valence-corrected chi connectivity index (χ3v) is 11.4. The van der Waals surface area contributed by atoms with Crippen LogP contribution >= 0.6 is 15.8 Å². The number of benzene rings is 4. The van der Waals surface area contributed by atoms with E-state index >= 15 is 0 Å². The average Bonchev–Trinajstić information content (AvgIpc) is 3.25. The van der Waals surface area contributed by atoms with Gasteiger partial charge in [0.15, 0.2) is 5.79 Å². The molecular weight excluding hydrogens is 697 g/mol. The van der Waals surface area contributed by atoms with Crippen molar-refractivity contribution in [1.82, 2.24) is 0 Å². The van der Waals surface area contributed by atoms with Crippen LogP contribution in [-0.4, -0.2) is 30.3 Å². The molecule has 0 aromatic heterocycles. The molecular formula is C34H36O2P2Pt. The largest absolute Gasteiger partial charge is 0.344 e. The van der Waals surface area contributed by atoms with Crippen LogP contribution in [0.4, 0.5) is 0 Å². The summed E-state index contributed by atoms with van der Waals surface area (Å²) in [6.07, 6.45) is 1.97. The van der Waals surface area contributed by atoms with E-state index in [1.54, 1.807) is 0 Å². The van der Waals surface area contributed by atoms with Gasteiger partial charge in [-0.2, -0.15) is 0 Å². The molecule has 0 aliphatic carbocycles. The molecule has 4 aromatic carbocycles. The van der Waals surface area contributed by atoms with Crippen LogP contribution in [0.5, 0.6) is 0 Å². The summed E-state index contributed by atoms with van der Waals surface area (Å²) in [5, 5.41) is 5.53. The van der Waals surface area contributed by atoms with Gasteiger partial charge >= 0.3 is 0 Å². The van der Waals surface area contributed by atoms with Gasteiger partial charge in [-0.3, -0.25) is 0 Å². The summed E-state index contributed by atoms with van der Waals surface area (Å²) < 4.78 is 13.2. The zero-order valence-electron chi connectivity index (χ0n) is 22.6. The molecule has 0 radical (unpaired) electrons. The van der Waals surface area contributed by atoms with Crippen molar-refractivity contribution in [3.8, 4) is 0 Å². The fraction of sp³-hybridized carbons (Fsp3) is 0.206. The van der Waals surface area contributed by atoms with Crippen LogP contribution in [0.3, 0.4) is 0 Å². The maximum Gasteiger partial charge on any atom is 0.163 e. The monoisotopic (exact) mass is 733 g/mol. The Morgan fingerprint density at radius 2 is 0.795 bits per heavy atom. The molecule has 5 heteroatoms. The minimum Gasteiger partial charge on any atom is -0.344 e. The second kappa shape index (κ2) is 15.6. The summed E-state index contributed by atoms with van der Waals surface area (Å²) >= 11 is 0. The second-order valence-electron chi connectivity index (χ2n) is 9.53. The van der Waals surface area contributed by atoms with Crippen LogP contribution in [0.1, 0.15) is 13.8 Å². The van der Waals surface area contributed by atoms with Crippen LogP contribution in [0, 0.1) is 0 Å². The second-order valence-corrected chi connectivity index (χ2v) is 14.0. The third-order valence-electron chi connectivity index (χ3n) is 6.28. The first-order chi connectivity index (χ1) is 18.5. The van der Waals surface area contributed by atoms with Crippen LogP contribution in [0.2, 0.25) is 0 Å². The molecule has 1 saturated heterocycles. The van der Waals surface area contributed by atoms with Crippen LogP contribution in [-0.2, 0) is 30.5 Å². The van der Waals surface area contributed by atoms with E-state index in [-0.39, 0.29) is 33.3 Å². The predicted molar refractivity (Wildman–Crippen MR) is 166 cm³/mol. The van der Waals surface area contributed by atoms with Gasteiger partial charge in [0, 0.05) is 33.4 Å². The normalized spacial score (nSPS) is 17.5. The number of hydrogen-bond donors (Lipinski definition) is 0. The summed E-state index contributed by atoms with van der Waals surface area (Å²) in [6, 6.07) is 43.6. The standard InChI is InChI=1S/C31H32O2P2.C3H4.Pt/c1-31(2)32-29(23-34(25-15-7-3-8-16-25)26-17-9-4-10-18-26)30(33-31)24-35(27-19-11-5-12-20-27)28-21-13-6-14-22-28;1-3-2;/h3-22,29-30H,23-24H2,1-2H3;1-2H2;/t29-,30-;;/m0../s1. The molecule has 0 amide bonds. The van der Waals surface area contributed by atoms with Crippen molar-refractivity contribution in [2.75, 3.05) is 12.3 Å². The Kier molecular flexibility index (Phi) is 12.6. The van der Waals surface area contributed by atoms with E-state index in [0.717, 1.165) is 12.3 Å². The smallest absolute Gasteiger partial charge is 0.163 e. The molecule has 0 unspecified atom stereocenters. The molecule has 1 aliphatic rings. The zero-order chi connectivity index (χ0) is 26.8. The molecule has 4 aromatic rings. The first kappa shape index (κ1) is 31.4. The summed E-state index contributed by atoms with van der Waals surface area (Å²) in [6.45, 7) is 10.4. The van der Waals surface area contributed by atoms with E-state index in [9.17, 15) is 0 Å². The van der Waals surface area contributed by atoms with Crippen LogP contribution in [0.25, 0.3) is 0 Å². The molecule has 0 spiro atoms. The Morgan fingerprint density at radius 1 is 0.564 bits per heavy atom. The molecule has 1 fully saturated rings. The Bertz CT molecular complexity index is 1100. The van der Waals surface area contributed by atoms with Gasteiger partial charge < -0.3 is 9.47 Å². The first-order valence-corrected chi connectivity index (χ1v) is 16.0. The number of rotatable bonds is 8. The summed E-state index contributed by atoms with van der Waals surface area (Å²) in [7, 11) is -1.12. The Balaban J connectivity index is 0.00000101. The van der Waals surface area contributed by atoms with E-state index < -0.39 is 21.6 Å². The maximum atomic E-state index is 6.61. The molecule has 0 N–H and O–H groups in total. The quantitative estimate of drug-likeness (QED) is 0.148. The zero-order valence-corrected chi connectivity index (χ0v) is 26.6. The van der Waals surface area contributed by atoms with E-state index in [0.29, 0.717) is 0 Å².